The van der Waals surface area contributed by atoms with Crippen molar-refractivity contribution in [2.75, 3.05) is 0 Å². The number of benzene rings is 3. The van der Waals surface area contributed by atoms with Crippen LogP contribution in [-0.2, 0) is 38.6 Å². The zero-order valence-corrected chi connectivity index (χ0v) is 19.9. The molecule has 9 nitrogen and oxygen atoms in total. The number of hydrogen-bond acceptors (Lipinski definition) is 5. The molecular formula is C28H26N4O5. The van der Waals surface area contributed by atoms with Crippen LogP contribution in [0.15, 0.2) is 91.0 Å². The summed E-state index contributed by atoms with van der Waals surface area (Å²) >= 11 is 0. The molecule has 3 rings (SSSR count). The SMILES string of the molecule is [N-]=[N+]=CC(=O)C(=O)[C@@H](Cc1ccccc1)NC(=O)[C@@H](Cc1ccccc1)NC(=O)OCc1ccccc1. The molecule has 0 spiro atoms. The van der Waals surface area contributed by atoms with Gasteiger partial charge in [-0.2, -0.15) is 4.79 Å². The molecule has 0 aliphatic heterocycles. The minimum atomic E-state index is -1.25. The Labute approximate surface area is 214 Å². The largest absolute Gasteiger partial charge is 0.445 e. The Kier molecular flexibility index (Phi) is 10.0. The van der Waals surface area contributed by atoms with E-state index in [0.29, 0.717) is 11.8 Å². The van der Waals surface area contributed by atoms with Crippen LogP contribution in [0.3, 0.4) is 0 Å². The Morgan fingerprint density at radius 1 is 0.730 bits per heavy atom. The molecule has 0 radical (unpaired) electrons. The number of carbonyl (C=O) groups is 4. The first-order valence-electron chi connectivity index (χ1n) is 11.6. The number of amides is 2. The number of nitrogens with one attached hydrogen (secondary N) is 2. The van der Waals surface area contributed by atoms with Gasteiger partial charge in [0.25, 0.3) is 0 Å². The highest BCUT2D eigenvalue weighted by Crippen LogP contribution is 2.08. The summed E-state index contributed by atoms with van der Waals surface area (Å²) in [4.78, 5) is 53.4. The summed E-state index contributed by atoms with van der Waals surface area (Å²) < 4.78 is 5.27. The van der Waals surface area contributed by atoms with Crippen molar-refractivity contribution in [2.45, 2.75) is 31.5 Å². The summed E-state index contributed by atoms with van der Waals surface area (Å²) in [5.41, 5.74) is 10.9. The van der Waals surface area contributed by atoms with E-state index in [2.05, 4.69) is 15.4 Å². The highest BCUT2D eigenvalue weighted by molar-refractivity contribution is 6.59. The van der Waals surface area contributed by atoms with E-state index in [4.69, 9.17) is 10.3 Å². The van der Waals surface area contributed by atoms with Crippen LogP contribution in [0, 0.1) is 0 Å². The first-order valence-corrected chi connectivity index (χ1v) is 11.6. The number of alkyl carbamates (subject to hydrolysis) is 1. The molecule has 3 aromatic carbocycles. The van der Waals surface area contributed by atoms with Crippen LogP contribution in [0.25, 0.3) is 5.53 Å². The number of ether oxygens (including phenoxy) is 1. The van der Waals surface area contributed by atoms with Crippen LogP contribution in [0.4, 0.5) is 4.79 Å². The fourth-order valence-corrected chi connectivity index (χ4v) is 3.59. The van der Waals surface area contributed by atoms with E-state index in [9.17, 15) is 19.2 Å². The van der Waals surface area contributed by atoms with Gasteiger partial charge in [-0.3, -0.25) is 14.4 Å². The smallest absolute Gasteiger partial charge is 0.408 e. The van der Waals surface area contributed by atoms with E-state index in [1.165, 1.54) is 0 Å². The monoisotopic (exact) mass is 498 g/mol. The zero-order valence-electron chi connectivity index (χ0n) is 19.9. The molecule has 0 saturated heterocycles. The first-order chi connectivity index (χ1) is 18.0. The number of rotatable bonds is 12. The molecule has 2 amide bonds. The van der Waals surface area contributed by atoms with E-state index >= 15 is 0 Å². The van der Waals surface area contributed by atoms with Crippen molar-refractivity contribution in [1.29, 1.82) is 0 Å². The highest BCUT2D eigenvalue weighted by Gasteiger charge is 2.31. The van der Waals surface area contributed by atoms with E-state index in [-0.39, 0.29) is 19.4 Å². The van der Waals surface area contributed by atoms with E-state index in [1.54, 1.807) is 66.7 Å². The standard InChI is InChI=1S/C28H26N4O5/c29-30-18-25(33)26(34)23(16-20-10-4-1-5-11-20)31-27(35)24(17-21-12-6-2-7-13-21)32-28(36)37-19-22-14-8-3-9-15-22/h1-15,18,23-24H,16-17,19H2,(H,31,35)(H,32,36)/t23-,24-/m1/s1. The summed E-state index contributed by atoms with van der Waals surface area (Å²) in [6.07, 6.45) is -0.194. The van der Waals surface area contributed by atoms with Gasteiger partial charge in [-0.25, -0.2) is 4.79 Å². The Morgan fingerprint density at radius 2 is 1.22 bits per heavy atom. The molecule has 0 bridgehead atoms. The normalized spacial score (nSPS) is 11.8. The molecule has 0 fully saturated rings. The lowest BCUT2D eigenvalue weighted by molar-refractivity contribution is -0.137. The summed E-state index contributed by atoms with van der Waals surface area (Å²) in [7, 11) is 0. The number of Topliss-reactive ketones (excluding diaryl/α,β-unsaturated/α-hetero) is 2. The summed E-state index contributed by atoms with van der Waals surface area (Å²) in [6.45, 7) is 0.0104. The lowest BCUT2D eigenvalue weighted by Crippen LogP contribution is -2.54. The molecule has 2 N–H and O–H groups in total. The van der Waals surface area contributed by atoms with Crippen molar-refractivity contribution in [3.8, 4) is 0 Å². The molecule has 9 heteroatoms. The molecule has 0 aliphatic rings. The second kappa shape index (κ2) is 13.9. The fraction of sp³-hybridized carbons (Fsp3) is 0.179. The average Bonchev–Trinajstić information content (AvgIpc) is 2.92. The minimum absolute atomic E-state index is 0.0104. The Balaban J connectivity index is 1.77. The third-order valence-electron chi connectivity index (χ3n) is 5.44. The number of ketones is 2. The molecule has 0 aliphatic carbocycles. The van der Waals surface area contributed by atoms with Crippen LogP contribution in [0.2, 0.25) is 0 Å². The lowest BCUT2D eigenvalue weighted by atomic mass is 9.99. The van der Waals surface area contributed by atoms with Crippen LogP contribution in [0.5, 0.6) is 0 Å². The maximum absolute atomic E-state index is 13.3. The molecule has 0 aromatic heterocycles. The van der Waals surface area contributed by atoms with Gasteiger partial charge < -0.3 is 20.9 Å². The Bertz CT molecular complexity index is 1260. The molecule has 188 valence electrons. The van der Waals surface area contributed by atoms with Crippen molar-refractivity contribution in [2.24, 2.45) is 0 Å². The van der Waals surface area contributed by atoms with Gasteiger partial charge in [-0.05, 0) is 16.7 Å². The predicted octanol–water partition coefficient (Wildman–Crippen LogP) is 2.69. The lowest BCUT2D eigenvalue weighted by Gasteiger charge is -2.22. The second-order valence-corrected chi connectivity index (χ2v) is 8.17. The van der Waals surface area contributed by atoms with Gasteiger partial charge in [0.2, 0.25) is 11.7 Å². The zero-order chi connectivity index (χ0) is 26.5. The quantitative estimate of drug-likeness (QED) is 0.171. The molecule has 0 saturated carbocycles. The first kappa shape index (κ1) is 26.7. The maximum atomic E-state index is 13.3. The average molecular weight is 499 g/mol. The molecule has 0 heterocycles. The summed E-state index contributed by atoms with van der Waals surface area (Å²) in [6, 6.07) is 24.5. The molecule has 3 aromatic rings. The molecular weight excluding hydrogens is 472 g/mol. The van der Waals surface area contributed by atoms with Gasteiger partial charge in [0.05, 0.1) is 0 Å². The van der Waals surface area contributed by atoms with Crippen molar-refractivity contribution in [3.05, 3.63) is 113 Å². The molecule has 0 unspecified atom stereocenters. The summed E-state index contributed by atoms with van der Waals surface area (Å²) in [5.74, 6) is -2.71. The minimum Gasteiger partial charge on any atom is -0.445 e. The second-order valence-electron chi connectivity index (χ2n) is 8.17. The molecule has 37 heavy (non-hydrogen) atoms. The van der Waals surface area contributed by atoms with Gasteiger partial charge >= 0.3 is 18.1 Å². The van der Waals surface area contributed by atoms with Gasteiger partial charge in [-0.1, -0.05) is 91.0 Å². The Hall–Kier alpha value is -4.88. The number of carbonyl (C=O) groups excluding carboxylic acids is 4. The third kappa shape index (κ3) is 8.69. The van der Waals surface area contributed by atoms with Gasteiger partial charge in [-0.15, -0.1) is 0 Å². The van der Waals surface area contributed by atoms with Crippen molar-refractivity contribution in [1.82, 2.24) is 10.6 Å². The van der Waals surface area contributed by atoms with E-state index < -0.39 is 35.7 Å². The summed E-state index contributed by atoms with van der Waals surface area (Å²) in [5, 5.41) is 5.14. The van der Waals surface area contributed by atoms with E-state index in [0.717, 1.165) is 11.1 Å². The number of hydrogen-bond donors (Lipinski definition) is 2. The van der Waals surface area contributed by atoms with Crippen LogP contribution in [0.1, 0.15) is 16.7 Å². The Morgan fingerprint density at radius 3 is 1.73 bits per heavy atom. The van der Waals surface area contributed by atoms with Crippen molar-refractivity contribution < 1.29 is 28.7 Å². The van der Waals surface area contributed by atoms with Gasteiger partial charge in [0.15, 0.2) is 0 Å². The van der Waals surface area contributed by atoms with Crippen LogP contribution < -0.4 is 10.6 Å². The van der Waals surface area contributed by atoms with Crippen molar-refractivity contribution >= 4 is 29.8 Å². The van der Waals surface area contributed by atoms with Crippen LogP contribution in [-0.4, -0.2) is 46.7 Å². The fourth-order valence-electron chi connectivity index (χ4n) is 3.59. The van der Waals surface area contributed by atoms with E-state index in [1.807, 2.05) is 24.3 Å². The maximum Gasteiger partial charge on any atom is 0.408 e. The van der Waals surface area contributed by atoms with Gasteiger partial charge in [0.1, 0.15) is 18.7 Å². The predicted molar refractivity (Wildman–Crippen MR) is 135 cm³/mol. The van der Waals surface area contributed by atoms with Crippen LogP contribution >= 0.6 is 0 Å². The highest BCUT2D eigenvalue weighted by atomic mass is 16.5. The topological polar surface area (TPSA) is 138 Å². The third-order valence-corrected chi connectivity index (χ3v) is 5.44. The van der Waals surface area contributed by atoms with Gasteiger partial charge in [0, 0.05) is 12.8 Å². The van der Waals surface area contributed by atoms with Crippen molar-refractivity contribution in [3.63, 3.8) is 0 Å². The molecule has 2 atom stereocenters. The number of nitrogens with zero attached hydrogens (tertiary/aromatic N) is 2.